The molecule has 0 saturated heterocycles. The lowest BCUT2D eigenvalue weighted by Crippen LogP contribution is -2.18. The zero-order valence-electron chi connectivity index (χ0n) is 12.5. The van der Waals surface area contributed by atoms with Gasteiger partial charge in [-0.1, -0.05) is 92.7 Å². The van der Waals surface area contributed by atoms with Crippen molar-refractivity contribution in [2.75, 3.05) is 0 Å². The molecule has 0 fully saturated rings. The van der Waals surface area contributed by atoms with Crippen molar-refractivity contribution in [2.24, 2.45) is 0 Å². The topological polar surface area (TPSA) is 0 Å². The SMILES string of the molecule is CC(C)(c1ccccc1)c1ccc(-c2cc[c]cc2)cc1. The Bertz CT molecular complexity index is 692. The van der Waals surface area contributed by atoms with Crippen molar-refractivity contribution in [1.29, 1.82) is 0 Å². The predicted octanol–water partition coefficient (Wildman–Crippen LogP) is 5.48. The summed E-state index contributed by atoms with van der Waals surface area (Å²) in [7, 11) is 0. The van der Waals surface area contributed by atoms with E-state index < -0.39 is 0 Å². The maximum absolute atomic E-state index is 3.06. The molecule has 0 amide bonds. The lowest BCUT2D eigenvalue weighted by Gasteiger charge is -2.26. The molecule has 0 heterocycles. The Morgan fingerprint density at radius 2 is 1.14 bits per heavy atom. The van der Waals surface area contributed by atoms with Crippen molar-refractivity contribution >= 4 is 0 Å². The number of hydrogen-bond donors (Lipinski definition) is 0. The van der Waals surface area contributed by atoms with Crippen LogP contribution in [-0.2, 0) is 5.41 Å². The average Bonchev–Trinajstić information content (AvgIpc) is 2.57. The third-order valence-electron chi connectivity index (χ3n) is 4.15. The molecule has 0 heteroatoms. The van der Waals surface area contributed by atoms with Gasteiger partial charge < -0.3 is 0 Å². The summed E-state index contributed by atoms with van der Waals surface area (Å²) in [6.07, 6.45) is 0. The van der Waals surface area contributed by atoms with Crippen LogP contribution >= 0.6 is 0 Å². The first-order valence-electron chi connectivity index (χ1n) is 7.30. The molecule has 1 radical (unpaired) electrons. The van der Waals surface area contributed by atoms with E-state index in [1.54, 1.807) is 0 Å². The van der Waals surface area contributed by atoms with E-state index in [4.69, 9.17) is 0 Å². The fourth-order valence-electron chi connectivity index (χ4n) is 2.68. The fraction of sp³-hybridized carbons (Fsp3) is 0.143. The molecule has 0 unspecified atom stereocenters. The Labute approximate surface area is 127 Å². The minimum atomic E-state index is 0.0181. The highest BCUT2D eigenvalue weighted by Gasteiger charge is 2.22. The van der Waals surface area contributed by atoms with Gasteiger partial charge >= 0.3 is 0 Å². The van der Waals surface area contributed by atoms with E-state index in [2.05, 4.69) is 86.6 Å². The first-order valence-corrected chi connectivity index (χ1v) is 7.30. The maximum Gasteiger partial charge on any atom is 0.0146 e. The molecule has 0 aliphatic carbocycles. The summed E-state index contributed by atoms with van der Waals surface area (Å²) in [5.74, 6) is 0. The molecule has 3 aromatic carbocycles. The van der Waals surface area contributed by atoms with Crippen molar-refractivity contribution in [3.63, 3.8) is 0 Å². The van der Waals surface area contributed by atoms with Gasteiger partial charge in [0.05, 0.1) is 0 Å². The Morgan fingerprint density at radius 3 is 1.76 bits per heavy atom. The molecule has 0 spiro atoms. The van der Waals surface area contributed by atoms with Crippen molar-refractivity contribution in [1.82, 2.24) is 0 Å². The number of rotatable bonds is 3. The Balaban J connectivity index is 1.94. The van der Waals surface area contributed by atoms with Gasteiger partial charge in [-0.05, 0) is 28.3 Å². The van der Waals surface area contributed by atoms with Crippen LogP contribution in [0.2, 0.25) is 0 Å². The van der Waals surface area contributed by atoms with Gasteiger partial charge in [0, 0.05) is 5.41 Å². The van der Waals surface area contributed by atoms with Gasteiger partial charge in [0.15, 0.2) is 0 Å². The Hall–Kier alpha value is -2.34. The molecule has 0 aromatic heterocycles. The predicted molar refractivity (Wildman–Crippen MR) is 89.3 cm³/mol. The molecule has 0 N–H and O–H groups in total. The van der Waals surface area contributed by atoms with E-state index in [9.17, 15) is 0 Å². The van der Waals surface area contributed by atoms with Gasteiger partial charge in [0.1, 0.15) is 0 Å². The van der Waals surface area contributed by atoms with Crippen LogP contribution in [0.25, 0.3) is 11.1 Å². The van der Waals surface area contributed by atoms with Gasteiger partial charge in [0.25, 0.3) is 0 Å². The van der Waals surface area contributed by atoms with Crippen LogP contribution < -0.4 is 0 Å². The third-order valence-corrected chi connectivity index (χ3v) is 4.15. The van der Waals surface area contributed by atoms with Gasteiger partial charge in [-0.3, -0.25) is 0 Å². The summed E-state index contributed by atoms with van der Waals surface area (Å²) >= 11 is 0. The quantitative estimate of drug-likeness (QED) is 0.591. The normalized spacial score (nSPS) is 11.3. The summed E-state index contributed by atoms with van der Waals surface area (Å²) in [5, 5.41) is 0. The first-order chi connectivity index (χ1) is 10.2. The molecule has 21 heavy (non-hydrogen) atoms. The molecule has 0 aliphatic heterocycles. The van der Waals surface area contributed by atoms with E-state index in [0.717, 1.165) is 0 Å². The lowest BCUT2D eigenvalue weighted by atomic mass is 9.78. The molecule has 3 aromatic rings. The first kappa shape index (κ1) is 13.6. The van der Waals surface area contributed by atoms with Crippen molar-refractivity contribution in [2.45, 2.75) is 19.3 Å². The summed E-state index contributed by atoms with van der Waals surface area (Å²) < 4.78 is 0. The number of benzene rings is 3. The van der Waals surface area contributed by atoms with E-state index in [1.807, 2.05) is 12.1 Å². The average molecular weight is 271 g/mol. The summed E-state index contributed by atoms with van der Waals surface area (Å²) in [5.41, 5.74) is 5.17. The van der Waals surface area contributed by atoms with Gasteiger partial charge in [-0.2, -0.15) is 0 Å². The molecule has 3 rings (SSSR count). The van der Waals surface area contributed by atoms with E-state index >= 15 is 0 Å². The van der Waals surface area contributed by atoms with E-state index in [1.165, 1.54) is 22.3 Å². The van der Waals surface area contributed by atoms with Crippen molar-refractivity contribution in [3.05, 3.63) is 96.1 Å². The van der Waals surface area contributed by atoms with Gasteiger partial charge in [-0.25, -0.2) is 0 Å². The molecule has 0 nitrogen and oxygen atoms in total. The minimum Gasteiger partial charge on any atom is -0.0622 e. The molecule has 0 atom stereocenters. The van der Waals surface area contributed by atoms with Gasteiger partial charge in [-0.15, -0.1) is 0 Å². The highest BCUT2D eigenvalue weighted by molar-refractivity contribution is 5.63. The highest BCUT2D eigenvalue weighted by Crippen LogP contribution is 2.32. The largest absolute Gasteiger partial charge is 0.0622 e. The van der Waals surface area contributed by atoms with E-state index in [-0.39, 0.29) is 5.41 Å². The van der Waals surface area contributed by atoms with Crippen LogP contribution in [0.4, 0.5) is 0 Å². The summed E-state index contributed by atoms with van der Waals surface area (Å²) in [6.45, 7) is 4.55. The summed E-state index contributed by atoms with van der Waals surface area (Å²) in [6, 6.07) is 30.7. The smallest absolute Gasteiger partial charge is 0.0146 e. The summed E-state index contributed by atoms with van der Waals surface area (Å²) in [4.78, 5) is 0. The van der Waals surface area contributed by atoms with E-state index in [0.29, 0.717) is 0 Å². The highest BCUT2D eigenvalue weighted by atomic mass is 14.3. The second-order valence-electron chi connectivity index (χ2n) is 5.86. The zero-order valence-corrected chi connectivity index (χ0v) is 12.5. The Kier molecular flexibility index (Phi) is 3.62. The molecule has 0 aliphatic rings. The molecule has 0 saturated carbocycles. The van der Waals surface area contributed by atoms with Crippen molar-refractivity contribution in [3.8, 4) is 11.1 Å². The van der Waals surface area contributed by atoms with Crippen LogP contribution in [0.5, 0.6) is 0 Å². The molecular formula is C21H19. The van der Waals surface area contributed by atoms with Crippen LogP contribution in [0.1, 0.15) is 25.0 Å². The van der Waals surface area contributed by atoms with Crippen LogP contribution in [0, 0.1) is 6.07 Å². The number of hydrogen-bond acceptors (Lipinski definition) is 0. The minimum absolute atomic E-state index is 0.0181. The Morgan fingerprint density at radius 1 is 0.619 bits per heavy atom. The van der Waals surface area contributed by atoms with Crippen molar-refractivity contribution < 1.29 is 0 Å². The zero-order chi connectivity index (χ0) is 14.7. The maximum atomic E-state index is 3.06. The third kappa shape index (κ3) is 2.75. The molecule has 103 valence electrons. The second kappa shape index (κ2) is 5.57. The molecule has 0 bridgehead atoms. The standard InChI is InChI=1S/C21H19/c1-21(2,19-11-7-4-8-12-19)20-15-13-18(14-16-20)17-9-5-3-6-10-17/h4-16H,1-2H3. The lowest BCUT2D eigenvalue weighted by molar-refractivity contribution is 0.641. The van der Waals surface area contributed by atoms with Crippen LogP contribution in [0.15, 0.2) is 78.9 Å². The second-order valence-corrected chi connectivity index (χ2v) is 5.86. The van der Waals surface area contributed by atoms with Gasteiger partial charge in [0.2, 0.25) is 0 Å². The monoisotopic (exact) mass is 271 g/mol. The fourth-order valence-corrected chi connectivity index (χ4v) is 2.68. The molecular weight excluding hydrogens is 252 g/mol. The van der Waals surface area contributed by atoms with Crippen LogP contribution in [0.3, 0.4) is 0 Å². The van der Waals surface area contributed by atoms with Crippen LogP contribution in [-0.4, -0.2) is 0 Å².